The molecule has 3 aromatic carbocycles. The minimum absolute atomic E-state index is 0.255. The Hall–Kier alpha value is -4.14. The molecule has 8 nitrogen and oxygen atoms in total. The van der Waals surface area contributed by atoms with Gasteiger partial charge >= 0.3 is 0 Å². The number of rotatable bonds is 16. The first kappa shape index (κ1) is 29.4. The third-order valence-corrected chi connectivity index (χ3v) is 5.89. The summed E-state index contributed by atoms with van der Waals surface area (Å²) in [4.78, 5) is 25.8. The molecule has 0 radical (unpaired) electrons. The summed E-state index contributed by atoms with van der Waals surface area (Å²) in [6, 6.07) is 23.9. The summed E-state index contributed by atoms with van der Waals surface area (Å²) >= 11 is 0. The fraction of sp³-hybridized carbons (Fsp3) is 0.290. The first-order valence-electron chi connectivity index (χ1n) is 12.9. The summed E-state index contributed by atoms with van der Waals surface area (Å²) in [6.45, 7) is 1.01. The molecule has 8 heteroatoms. The summed E-state index contributed by atoms with van der Waals surface area (Å²) in [7, 11) is 1.62. The second kappa shape index (κ2) is 16.7. The predicted octanol–water partition coefficient (Wildman–Crippen LogP) is 3.53. The van der Waals surface area contributed by atoms with Crippen LogP contribution in [0.25, 0.3) is 6.08 Å². The molecule has 0 unspecified atom stereocenters. The van der Waals surface area contributed by atoms with Gasteiger partial charge < -0.3 is 30.0 Å². The van der Waals surface area contributed by atoms with Gasteiger partial charge in [-0.2, -0.15) is 0 Å². The van der Waals surface area contributed by atoms with Crippen molar-refractivity contribution in [3.63, 3.8) is 0 Å². The molecule has 0 bridgehead atoms. The second-order valence-corrected chi connectivity index (χ2v) is 8.78. The van der Waals surface area contributed by atoms with Gasteiger partial charge in [0.15, 0.2) is 0 Å². The Bertz CT molecular complexity index is 1160. The Morgan fingerprint density at radius 1 is 0.897 bits per heavy atom. The van der Waals surface area contributed by atoms with Crippen LogP contribution in [0.3, 0.4) is 0 Å². The van der Waals surface area contributed by atoms with Crippen molar-refractivity contribution in [2.24, 2.45) is 0 Å². The van der Waals surface area contributed by atoms with Crippen LogP contribution in [-0.4, -0.2) is 56.6 Å². The van der Waals surface area contributed by atoms with E-state index in [9.17, 15) is 9.59 Å². The van der Waals surface area contributed by atoms with E-state index in [-0.39, 0.29) is 18.6 Å². The van der Waals surface area contributed by atoms with Crippen LogP contribution in [-0.2, 0) is 27.2 Å². The lowest BCUT2D eigenvalue weighted by molar-refractivity contribution is -0.127. The predicted molar refractivity (Wildman–Crippen MR) is 150 cm³/mol. The molecule has 3 N–H and O–H groups in total. The number of amides is 2. The number of carbonyl (C=O) groups is 2. The lowest BCUT2D eigenvalue weighted by Crippen LogP contribution is -2.48. The molecule has 3 aromatic rings. The number of carbonyl (C=O) groups excluding carboxylic acids is 2. The fourth-order valence-electron chi connectivity index (χ4n) is 3.78. The van der Waals surface area contributed by atoms with Gasteiger partial charge in [0, 0.05) is 25.5 Å². The maximum absolute atomic E-state index is 13.1. The van der Waals surface area contributed by atoms with Gasteiger partial charge in [-0.15, -0.1) is 0 Å². The number of hydrogen-bond donors (Lipinski definition) is 3. The molecule has 0 spiro atoms. The van der Waals surface area contributed by atoms with Gasteiger partial charge in [0.05, 0.1) is 20.3 Å². The van der Waals surface area contributed by atoms with Gasteiger partial charge in [0.2, 0.25) is 11.8 Å². The molecule has 0 saturated carbocycles. The van der Waals surface area contributed by atoms with E-state index < -0.39 is 6.04 Å². The zero-order valence-corrected chi connectivity index (χ0v) is 22.2. The first-order valence-corrected chi connectivity index (χ1v) is 12.9. The standard InChI is InChI=1S/C31H36N2O6/c1-37-27-13-8-25(9-14-27)18-19-32-31(36)29(33-30(35)17-12-24-6-3-2-4-7-24)22-26-10-15-28(16-11-26)39-21-5-20-38-23-34/h2-4,6-17,29,34H,5,18-23H2,1H3,(H,32,36)(H,33,35)/b17-12+/t29-/m0/s1. The SMILES string of the molecule is COc1ccc(CCNC(=O)[C@H](Cc2ccc(OCCCOCO)cc2)NC(=O)/C=C/c2ccccc2)cc1. The van der Waals surface area contributed by atoms with Crippen LogP contribution in [0, 0.1) is 0 Å². The zero-order valence-electron chi connectivity index (χ0n) is 22.2. The lowest BCUT2D eigenvalue weighted by Gasteiger charge is -2.18. The van der Waals surface area contributed by atoms with Gasteiger partial charge in [-0.1, -0.05) is 54.6 Å². The van der Waals surface area contributed by atoms with Gasteiger partial charge in [-0.3, -0.25) is 9.59 Å². The highest BCUT2D eigenvalue weighted by atomic mass is 16.6. The highest BCUT2D eigenvalue weighted by Crippen LogP contribution is 2.15. The van der Waals surface area contributed by atoms with Crippen LogP contribution < -0.4 is 20.1 Å². The molecule has 0 fully saturated rings. The van der Waals surface area contributed by atoms with Crippen molar-refractivity contribution in [3.8, 4) is 11.5 Å². The summed E-state index contributed by atoms with van der Waals surface area (Å²) < 4.78 is 15.8. The molecule has 206 valence electrons. The van der Waals surface area contributed by atoms with E-state index in [2.05, 4.69) is 10.6 Å². The molecule has 2 amide bonds. The number of ether oxygens (including phenoxy) is 3. The second-order valence-electron chi connectivity index (χ2n) is 8.78. The molecular weight excluding hydrogens is 496 g/mol. The molecule has 0 aromatic heterocycles. The van der Waals surface area contributed by atoms with Crippen LogP contribution in [0.15, 0.2) is 84.9 Å². The van der Waals surface area contributed by atoms with Crippen molar-refractivity contribution in [2.45, 2.75) is 25.3 Å². The number of aliphatic hydroxyl groups is 1. The minimum Gasteiger partial charge on any atom is -0.497 e. The van der Waals surface area contributed by atoms with Gasteiger partial charge in [0.25, 0.3) is 0 Å². The zero-order chi connectivity index (χ0) is 27.7. The van der Waals surface area contributed by atoms with Crippen molar-refractivity contribution in [3.05, 3.63) is 102 Å². The Labute approximate surface area is 229 Å². The summed E-state index contributed by atoms with van der Waals surface area (Å²) in [5, 5.41) is 14.5. The Morgan fingerprint density at radius 3 is 2.28 bits per heavy atom. The maximum Gasteiger partial charge on any atom is 0.244 e. The smallest absolute Gasteiger partial charge is 0.244 e. The molecule has 39 heavy (non-hydrogen) atoms. The quantitative estimate of drug-likeness (QED) is 0.148. The normalized spacial score (nSPS) is 11.6. The Kier molecular flexibility index (Phi) is 12.6. The Morgan fingerprint density at radius 2 is 1.59 bits per heavy atom. The van der Waals surface area contributed by atoms with Gasteiger partial charge in [-0.05, 0) is 53.5 Å². The largest absolute Gasteiger partial charge is 0.497 e. The van der Waals surface area contributed by atoms with E-state index in [4.69, 9.17) is 19.3 Å². The van der Waals surface area contributed by atoms with Crippen LogP contribution in [0.5, 0.6) is 11.5 Å². The van der Waals surface area contributed by atoms with Crippen molar-refractivity contribution >= 4 is 17.9 Å². The molecule has 0 saturated heterocycles. The molecule has 0 heterocycles. The van der Waals surface area contributed by atoms with Crippen molar-refractivity contribution < 1.29 is 28.9 Å². The third-order valence-electron chi connectivity index (χ3n) is 5.89. The number of benzene rings is 3. The molecule has 0 aliphatic rings. The number of nitrogens with one attached hydrogen (secondary N) is 2. The summed E-state index contributed by atoms with van der Waals surface area (Å²) in [5.74, 6) is 0.868. The highest BCUT2D eigenvalue weighted by Gasteiger charge is 2.20. The van der Waals surface area contributed by atoms with E-state index in [1.807, 2.05) is 78.9 Å². The first-order chi connectivity index (χ1) is 19.1. The van der Waals surface area contributed by atoms with E-state index in [0.29, 0.717) is 44.8 Å². The molecule has 0 aliphatic heterocycles. The van der Waals surface area contributed by atoms with Crippen LogP contribution in [0.2, 0.25) is 0 Å². The van der Waals surface area contributed by atoms with E-state index in [1.165, 1.54) is 6.08 Å². The van der Waals surface area contributed by atoms with Crippen LogP contribution in [0.4, 0.5) is 0 Å². The molecule has 0 aliphatic carbocycles. The van der Waals surface area contributed by atoms with E-state index in [0.717, 1.165) is 22.4 Å². The van der Waals surface area contributed by atoms with Gasteiger partial charge in [-0.25, -0.2) is 0 Å². The van der Waals surface area contributed by atoms with Gasteiger partial charge in [0.1, 0.15) is 24.3 Å². The molecule has 1 atom stereocenters. The van der Waals surface area contributed by atoms with E-state index in [1.54, 1.807) is 13.2 Å². The Balaban J connectivity index is 1.59. The van der Waals surface area contributed by atoms with Crippen molar-refractivity contribution in [2.75, 3.05) is 33.7 Å². The van der Waals surface area contributed by atoms with E-state index >= 15 is 0 Å². The number of aliphatic hydroxyl groups excluding tert-OH is 1. The highest BCUT2D eigenvalue weighted by molar-refractivity contribution is 5.95. The fourth-order valence-corrected chi connectivity index (χ4v) is 3.78. The lowest BCUT2D eigenvalue weighted by atomic mass is 10.0. The van der Waals surface area contributed by atoms with Crippen molar-refractivity contribution in [1.29, 1.82) is 0 Å². The average Bonchev–Trinajstić information content (AvgIpc) is 2.97. The average molecular weight is 533 g/mol. The number of methoxy groups -OCH3 is 1. The van der Waals surface area contributed by atoms with Crippen LogP contribution >= 0.6 is 0 Å². The number of hydrogen-bond acceptors (Lipinski definition) is 6. The van der Waals surface area contributed by atoms with Crippen LogP contribution in [0.1, 0.15) is 23.1 Å². The third kappa shape index (κ3) is 11.0. The maximum atomic E-state index is 13.1. The monoisotopic (exact) mass is 532 g/mol. The molecular formula is C31H36N2O6. The summed E-state index contributed by atoms with van der Waals surface area (Å²) in [5.41, 5.74) is 2.85. The minimum atomic E-state index is -0.754. The van der Waals surface area contributed by atoms with Crippen molar-refractivity contribution in [1.82, 2.24) is 10.6 Å². The molecule has 3 rings (SSSR count). The summed E-state index contributed by atoms with van der Waals surface area (Å²) in [6.07, 6.45) is 4.78. The topological polar surface area (TPSA) is 106 Å².